The molecule has 4 heteroatoms. The fourth-order valence-corrected chi connectivity index (χ4v) is 3.13. The third-order valence-corrected chi connectivity index (χ3v) is 4.40. The molecule has 4 nitrogen and oxygen atoms in total. The summed E-state index contributed by atoms with van der Waals surface area (Å²) in [5.74, 6) is -0.716. The van der Waals surface area contributed by atoms with Crippen molar-refractivity contribution in [1.82, 2.24) is 0 Å². The van der Waals surface area contributed by atoms with E-state index in [9.17, 15) is 9.59 Å². The van der Waals surface area contributed by atoms with E-state index in [-0.39, 0.29) is 18.6 Å². The summed E-state index contributed by atoms with van der Waals surface area (Å²) in [4.78, 5) is 26.1. The van der Waals surface area contributed by atoms with Gasteiger partial charge >= 0.3 is 5.97 Å². The number of fused-ring (bicyclic) bond motifs is 1. The number of anilines is 1. The Morgan fingerprint density at radius 2 is 1.88 bits per heavy atom. The molecule has 3 rings (SSSR count). The van der Waals surface area contributed by atoms with Gasteiger partial charge in [0.15, 0.2) is 6.61 Å². The van der Waals surface area contributed by atoms with Crippen LogP contribution in [0.5, 0.6) is 0 Å². The molecular weight excluding hydrogens is 314 g/mol. The van der Waals surface area contributed by atoms with E-state index in [0.29, 0.717) is 0 Å². The molecule has 0 fully saturated rings. The molecule has 0 aliphatic carbocycles. The van der Waals surface area contributed by atoms with Crippen molar-refractivity contribution < 1.29 is 14.3 Å². The van der Waals surface area contributed by atoms with Gasteiger partial charge in [-0.25, -0.2) is 4.79 Å². The lowest BCUT2D eigenvalue weighted by molar-refractivity contribution is -0.143. The van der Waals surface area contributed by atoms with Crippen LogP contribution in [0.1, 0.15) is 23.6 Å². The smallest absolute Gasteiger partial charge is 0.331 e. The molecule has 1 heterocycles. The van der Waals surface area contributed by atoms with Crippen LogP contribution in [0.25, 0.3) is 6.08 Å². The lowest BCUT2D eigenvalue weighted by Gasteiger charge is -2.22. The topological polar surface area (TPSA) is 46.6 Å². The number of carbonyl (C=O) groups excluding carboxylic acids is 2. The first-order chi connectivity index (χ1) is 12.1. The predicted octanol–water partition coefficient (Wildman–Crippen LogP) is 3.53. The Morgan fingerprint density at radius 3 is 2.68 bits per heavy atom. The molecule has 2 aromatic carbocycles. The summed E-state index contributed by atoms with van der Waals surface area (Å²) in [6, 6.07) is 15.7. The van der Waals surface area contributed by atoms with Gasteiger partial charge in [0.05, 0.1) is 0 Å². The minimum atomic E-state index is -0.517. The highest BCUT2D eigenvalue weighted by Gasteiger charge is 2.30. The van der Waals surface area contributed by atoms with E-state index in [4.69, 9.17) is 4.74 Å². The van der Waals surface area contributed by atoms with Gasteiger partial charge in [-0.15, -0.1) is 0 Å². The Bertz CT molecular complexity index is 825. The second kappa shape index (κ2) is 7.34. The van der Waals surface area contributed by atoms with Crippen molar-refractivity contribution in [3.8, 4) is 0 Å². The van der Waals surface area contributed by atoms with Crippen LogP contribution in [0.2, 0.25) is 0 Å². The molecule has 0 unspecified atom stereocenters. The first-order valence-electron chi connectivity index (χ1n) is 8.36. The number of amides is 1. The molecule has 25 heavy (non-hydrogen) atoms. The molecular formula is C21H21NO3. The van der Waals surface area contributed by atoms with Crippen molar-refractivity contribution in [3.63, 3.8) is 0 Å². The molecule has 1 aliphatic rings. The third-order valence-electron chi connectivity index (χ3n) is 4.40. The molecule has 128 valence electrons. The van der Waals surface area contributed by atoms with E-state index < -0.39 is 5.97 Å². The fourth-order valence-electron chi connectivity index (χ4n) is 3.13. The first kappa shape index (κ1) is 17.0. The van der Waals surface area contributed by atoms with Crippen LogP contribution in [0, 0.1) is 6.92 Å². The van der Waals surface area contributed by atoms with Gasteiger partial charge in [0.25, 0.3) is 5.91 Å². The zero-order chi connectivity index (χ0) is 17.8. The number of benzene rings is 2. The lowest BCUT2D eigenvalue weighted by atomic mass is 10.1. The molecule has 0 spiro atoms. The average molecular weight is 335 g/mol. The van der Waals surface area contributed by atoms with Crippen LogP contribution >= 0.6 is 0 Å². The summed E-state index contributed by atoms with van der Waals surface area (Å²) in [7, 11) is 0. The van der Waals surface area contributed by atoms with Gasteiger partial charge in [-0.05, 0) is 49.1 Å². The van der Waals surface area contributed by atoms with Crippen molar-refractivity contribution in [1.29, 1.82) is 0 Å². The Balaban J connectivity index is 1.59. The standard InChI is InChI=1S/C21H21NO3/c1-15-7-3-4-8-17(15)11-12-21(24)25-14-20(23)22-16(2)13-18-9-5-6-10-19(18)22/h3-12,16H,13-14H2,1-2H3/b12-11+/t16-/m0/s1. The minimum Gasteiger partial charge on any atom is -0.452 e. The van der Waals surface area contributed by atoms with Crippen molar-refractivity contribution in [2.75, 3.05) is 11.5 Å². The van der Waals surface area contributed by atoms with E-state index in [0.717, 1.165) is 28.8 Å². The molecule has 0 N–H and O–H groups in total. The Kier molecular flexibility index (Phi) is 4.98. The molecule has 0 saturated carbocycles. The molecule has 1 amide bonds. The van der Waals surface area contributed by atoms with Crippen molar-refractivity contribution in [3.05, 3.63) is 71.3 Å². The molecule has 2 aromatic rings. The number of nitrogens with zero attached hydrogens (tertiary/aromatic N) is 1. The lowest BCUT2D eigenvalue weighted by Crippen LogP contribution is -2.38. The summed E-state index contributed by atoms with van der Waals surface area (Å²) in [6.45, 7) is 3.72. The van der Waals surface area contributed by atoms with E-state index in [1.807, 2.05) is 62.4 Å². The molecule has 0 bridgehead atoms. The Hall–Kier alpha value is -2.88. The number of hydrogen-bond donors (Lipinski definition) is 0. The second-order valence-corrected chi connectivity index (χ2v) is 6.24. The van der Waals surface area contributed by atoms with Crippen LogP contribution in [-0.2, 0) is 20.7 Å². The fraction of sp³-hybridized carbons (Fsp3) is 0.238. The monoisotopic (exact) mass is 335 g/mol. The molecule has 0 aromatic heterocycles. The van der Waals surface area contributed by atoms with Gasteiger partial charge in [-0.2, -0.15) is 0 Å². The van der Waals surface area contributed by atoms with E-state index >= 15 is 0 Å². The van der Waals surface area contributed by atoms with Crippen LogP contribution in [0.3, 0.4) is 0 Å². The maximum absolute atomic E-state index is 12.5. The van der Waals surface area contributed by atoms with Crippen LogP contribution in [0.4, 0.5) is 5.69 Å². The van der Waals surface area contributed by atoms with Gasteiger partial charge in [-0.3, -0.25) is 4.79 Å². The number of esters is 1. The Labute approximate surface area is 147 Å². The van der Waals surface area contributed by atoms with Crippen LogP contribution < -0.4 is 4.90 Å². The van der Waals surface area contributed by atoms with Gasteiger partial charge in [-0.1, -0.05) is 42.5 Å². The number of rotatable bonds is 4. The number of carbonyl (C=O) groups is 2. The van der Waals surface area contributed by atoms with Crippen LogP contribution in [0.15, 0.2) is 54.6 Å². The number of para-hydroxylation sites is 1. The molecule has 0 radical (unpaired) electrons. The molecule has 1 atom stereocenters. The maximum atomic E-state index is 12.5. The highest BCUT2D eigenvalue weighted by molar-refractivity contribution is 5.98. The van der Waals surface area contributed by atoms with Gasteiger partial charge in [0.1, 0.15) is 0 Å². The number of ether oxygens (including phenoxy) is 1. The zero-order valence-electron chi connectivity index (χ0n) is 14.4. The van der Waals surface area contributed by atoms with E-state index in [2.05, 4.69) is 0 Å². The summed E-state index contributed by atoms with van der Waals surface area (Å²) in [6.07, 6.45) is 3.88. The number of hydrogen-bond acceptors (Lipinski definition) is 3. The van der Waals surface area contributed by atoms with Gasteiger partial charge in [0.2, 0.25) is 0 Å². The minimum absolute atomic E-state index is 0.0751. The van der Waals surface area contributed by atoms with Gasteiger partial charge in [0, 0.05) is 17.8 Å². The molecule has 0 saturated heterocycles. The SMILES string of the molecule is Cc1ccccc1/C=C/C(=O)OCC(=O)N1c2ccccc2C[C@@H]1C. The summed E-state index contributed by atoms with van der Waals surface area (Å²) >= 11 is 0. The highest BCUT2D eigenvalue weighted by Crippen LogP contribution is 2.31. The van der Waals surface area contributed by atoms with E-state index in [1.165, 1.54) is 6.08 Å². The predicted molar refractivity (Wildman–Crippen MR) is 98.3 cm³/mol. The number of aryl methyl sites for hydroxylation is 1. The average Bonchev–Trinajstić information content (AvgIpc) is 2.94. The normalized spacial score (nSPS) is 16.1. The molecule has 1 aliphatic heterocycles. The van der Waals surface area contributed by atoms with E-state index in [1.54, 1.807) is 11.0 Å². The summed E-state index contributed by atoms with van der Waals surface area (Å²) < 4.78 is 5.12. The van der Waals surface area contributed by atoms with Crippen molar-refractivity contribution in [2.45, 2.75) is 26.3 Å². The van der Waals surface area contributed by atoms with Gasteiger partial charge < -0.3 is 9.64 Å². The second-order valence-electron chi connectivity index (χ2n) is 6.24. The quantitative estimate of drug-likeness (QED) is 0.634. The largest absolute Gasteiger partial charge is 0.452 e. The first-order valence-corrected chi connectivity index (χ1v) is 8.36. The summed E-state index contributed by atoms with van der Waals surface area (Å²) in [5.41, 5.74) is 4.08. The maximum Gasteiger partial charge on any atom is 0.331 e. The summed E-state index contributed by atoms with van der Waals surface area (Å²) in [5, 5.41) is 0. The Morgan fingerprint density at radius 1 is 1.16 bits per heavy atom. The highest BCUT2D eigenvalue weighted by atomic mass is 16.5. The third kappa shape index (κ3) is 3.79. The van der Waals surface area contributed by atoms with Crippen LogP contribution in [-0.4, -0.2) is 24.5 Å². The van der Waals surface area contributed by atoms with Crippen molar-refractivity contribution in [2.24, 2.45) is 0 Å². The zero-order valence-corrected chi connectivity index (χ0v) is 14.4. The van der Waals surface area contributed by atoms with Crippen molar-refractivity contribution >= 4 is 23.6 Å².